The number of carbonyl (C=O) groups is 1. The number of sulfonamides is 1. The van der Waals surface area contributed by atoms with E-state index in [1.54, 1.807) is 54.7 Å². The van der Waals surface area contributed by atoms with Crippen LogP contribution >= 0.6 is 0 Å². The van der Waals surface area contributed by atoms with Gasteiger partial charge in [0.15, 0.2) is 0 Å². The highest BCUT2D eigenvalue weighted by Crippen LogP contribution is 2.24. The van der Waals surface area contributed by atoms with Crippen molar-refractivity contribution in [2.75, 3.05) is 0 Å². The summed E-state index contributed by atoms with van der Waals surface area (Å²) in [6, 6.07) is 25.4. The molecule has 3 aromatic carbocycles. The highest BCUT2D eigenvalue weighted by Gasteiger charge is 2.29. The number of carbonyl (C=O) groups excluding carboxylic acids is 1. The highest BCUT2D eigenvalue weighted by atomic mass is 32.2. The smallest absolute Gasteiger partial charge is 0.243 e. The molecule has 162 valence electrons. The summed E-state index contributed by atoms with van der Waals surface area (Å²) in [4.78, 5) is 17.5. The minimum atomic E-state index is -4.05. The summed E-state index contributed by atoms with van der Waals surface area (Å²) in [6.07, 6.45) is 1.55. The van der Waals surface area contributed by atoms with Gasteiger partial charge in [0.2, 0.25) is 15.9 Å². The fraction of sp³-hybridized carbons (Fsp3) is 0.120. The number of para-hydroxylation sites is 1. The van der Waals surface area contributed by atoms with E-state index in [1.165, 1.54) is 6.07 Å². The zero-order valence-electron chi connectivity index (χ0n) is 17.5. The molecule has 4 aromatic rings. The van der Waals surface area contributed by atoms with Gasteiger partial charge in [0.25, 0.3) is 0 Å². The van der Waals surface area contributed by atoms with E-state index in [0.29, 0.717) is 16.5 Å². The van der Waals surface area contributed by atoms with Crippen LogP contribution in [0, 0.1) is 0 Å². The van der Waals surface area contributed by atoms with Crippen molar-refractivity contribution in [1.29, 1.82) is 0 Å². The molecule has 4 rings (SSSR count). The van der Waals surface area contributed by atoms with Gasteiger partial charge >= 0.3 is 0 Å². The van der Waals surface area contributed by atoms with Crippen LogP contribution in [0.5, 0.6) is 0 Å². The van der Waals surface area contributed by atoms with Gasteiger partial charge in [-0.05, 0) is 30.2 Å². The maximum absolute atomic E-state index is 13.4. The molecule has 32 heavy (non-hydrogen) atoms. The third kappa shape index (κ3) is 4.69. The Bertz CT molecular complexity index is 1320. The molecule has 0 saturated heterocycles. The lowest BCUT2D eigenvalue weighted by molar-refractivity contribution is -0.123. The number of benzene rings is 3. The van der Waals surface area contributed by atoms with E-state index in [1.807, 2.05) is 43.3 Å². The minimum absolute atomic E-state index is 0.0282. The first kappa shape index (κ1) is 21.7. The van der Waals surface area contributed by atoms with Crippen molar-refractivity contribution in [2.45, 2.75) is 23.9 Å². The zero-order valence-corrected chi connectivity index (χ0v) is 18.3. The summed E-state index contributed by atoms with van der Waals surface area (Å²) >= 11 is 0. The predicted molar refractivity (Wildman–Crippen MR) is 124 cm³/mol. The summed E-state index contributed by atoms with van der Waals surface area (Å²) in [7, 11) is -4.05. The van der Waals surface area contributed by atoms with Crippen molar-refractivity contribution in [1.82, 2.24) is 15.0 Å². The highest BCUT2D eigenvalue weighted by molar-refractivity contribution is 7.89. The van der Waals surface area contributed by atoms with E-state index in [2.05, 4.69) is 15.0 Å². The third-order valence-corrected chi connectivity index (χ3v) is 6.67. The Kier molecular flexibility index (Phi) is 6.30. The Balaban J connectivity index is 1.67. The number of aromatic nitrogens is 1. The second kappa shape index (κ2) is 9.30. The zero-order chi connectivity index (χ0) is 22.6. The average Bonchev–Trinajstić information content (AvgIpc) is 2.83. The molecule has 0 aliphatic heterocycles. The van der Waals surface area contributed by atoms with Crippen molar-refractivity contribution in [3.05, 3.63) is 108 Å². The lowest BCUT2D eigenvalue weighted by Crippen LogP contribution is -2.41. The molecular formula is C25H23N3O3S. The quantitative estimate of drug-likeness (QED) is 0.448. The Labute approximate surface area is 187 Å². The molecule has 1 aromatic heterocycles. The van der Waals surface area contributed by atoms with E-state index in [0.717, 1.165) is 5.56 Å². The van der Waals surface area contributed by atoms with Crippen LogP contribution in [0.25, 0.3) is 10.9 Å². The van der Waals surface area contributed by atoms with Gasteiger partial charge in [-0.1, -0.05) is 78.9 Å². The molecule has 0 radical (unpaired) electrons. The molecule has 0 saturated carbocycles. The van der Waals surface area contributed by atoms with Crippen molar-refractivity contribution in [2.24, 2.45) is 0 Å². The lowest BCUT2D eigenvalue weighted by Gasteiger charge is -2.22. The topological polar surface area (TPSA) is 88.2 Å². The summed E-state index contributed by atoms with van der Waals surface area (Å²) in [6.45, 7) is 1.86. The van der Waals surface area contributed by atoms with E-state index < -0.39 is 22.0 Å². The van der Waals surface area contributed by atoms with Gasteiger partial charge in [-0.2, -0.15) is 4.72 Å². The van der Waals surface area contributed by atoms with E-state index in [9.17, 15) is 13.2 Å². The molecule has 2 atom stereocenters. The molecule has 1 amide bonds. The predicted octanol–water partition coefficient (Wildman–Crippen LogP) is 4.13. The second-order valence-electron chi connectivity index (χ2n) is 7.44. The first-order valence-corrected chi connectivity index (χ1v) is 11.7. The van der Waals surface area contributed by atoms with Crippen LogP contribution < -0.4 is 10.0 Å². The van der Waals surface area contributed by atoms with Gasteiger partial charge in [0, 0.05) is 11.6 Å². The number of fused-ring (bicyclic) bond motifs is 1. The number of nitrogens with one attached hydrogen (secondary N) is 2. The number of pyridine rings is 1. The van der Waals surface area contributed by atoms with Gasteiger partial charge in [0.05, 0.1) is 11.6 Å². The third-order valence-electron chi connectivity index (χ3n) is 5.21. The number of rotatable bonds is 7. The second-order valence-corrected chi connectivity index (χ2v) is 9.12. The molecule has 0 aliphatic carbocycles. The fourth-order valence-electron chi connectivity index (χ4n) is 3.55. The monoisotopic (exact) mass is 445 g/mol. The van der Waals surface area contributed by atoms with Crippen LogP contribution in [0.1, 0.15) is 30.1 Å². The van der Waals surface area contributed by atoms with E-state index in [-0.39, 0.29) is 10.9 Å². The van der Waals surface area contributed by atoms with Gasteiger partial charge in [-0.3, -0.25) is 9.78 Å². The number of nitrogens with zero attached hydrogens (tertiary/aromatic N) is 1. The Morgan fingerprint density at radius 1 is 0.812 bits per heavy atom. The molecule has 0 spiro atoms. The van der Waals surface area contributed by atoms with Crippen molar-refractivity contribution < 1.29 is 13.2 Å². The molecule has 0 unspecified atom stereocenters. The largest absolute Gasteiger partial charge is 0.348 e. The van der Waals surface area contributed by atoms with Gasteiger partial charge in [-0.25, -0.2) is 8.42 Å². The van der Waals surface area contributed by atoms with Crippen LogP contribution in [0.4, 0.5) is 0 Å². The van der Waals surface area contributed by atoms with E-state index >= 15 is 0 Å². The molecular weight excluding hydrogens is 422 g/mol. The summed E-state index contributed by atoms with van der Waals surface area (Å²) in [5, 5.41) is 3.63. The molecule has 1 heterocycles. The van der Waals surface area contributed by atoms with Gasteiger partial charge < -0.3 is 5.32 Å². The molecule has 0 fully saturated rings. The van der Waals surface area contributed by atoms with Gasteiger partial charge in [0.1, 0.15) is 10.9 Å². The molecule has 7 heteroatoms. The normalized spacial score (nSPS) is 13.4. The van der Waals surface area contributed by atoms with Crippen LogP contribution in [0.2, 0.25) is 0 Å². The van der Waals surface area contributed by atoms with Crippen molar-refractivity contribution in [3.63, 3.8) is 0 Å². The number of amides is 1. The summed E-state index contributed by atoms with van der Waals surface area (Å²) < 4.78 is 29.3. The standard InChI is InChI=1S/C25H23N3O3S/c1-18(19-10-4-2-5-11-19)27-25(29)24(21-12-6-3-7-13-21)28-32(30,31)22-16-8-14-20-15-9-17-26-23(20)22/h2-18,24,28H,1H3,(H,27,29)/t18-,24-/m1/s1. The molecule has 6 nitrogen and oxygen atoms in total. The Hall–Kier alpha value is -3.55. The van der Waals surface area contributed by atoms with Crippen molar-refractivity contribution >= 4 is 26.8 Å². The lowest BCUT2D eigenvalue weighted by atomic mass is 10.1. The van der Waals surface area contributed by atoms with Gasteiger partial charge in [-0.15, -0.1) is 0 Å². The summed E-state index contributed by atoms with van der Waals surface area (Å²) in [5.74, 6) is -0.440. The van der Waals surface area contributed by atoms with Crippen LogP contribution in [-0.2, 0) is 14.8 Å². The number of hydrogen-bond acceptors (Lipinski definition) is 4. The molecule has 2 N–H and O–H groups in total. The van der Waals surface area contributed by atoms with Crippen LogP contribution in [-0.4, -0.2) is 19.3 Å². The first-order chi connectivity index (χ1) is 15.5. The first-order valence-electron chi connectivity index (χ1n) is 10.2. The minimum Gasteiger partial charge on any atom is -0.348 e. The average molecular weight is 446 g/mol. The Morgan fingerprint density at radius 2 is 1.44 bits per heavy atom. The maximum Gasteiger partial charge on any atom is 0.243 e. The Morgan fingerprint density at radius 3 is 2.12 bits per heavy atom. The van der Waals surface area contributed by atoms with E-state index in [4.69, 9.17) is 0 Å². The van der Waals surface area contributed by atoms with Crippen molar-refractivity contribution in [3.8, 4) is 0 Å². The fourth-order valence-corrected chi connectivity index (χ4v) is 4.92. The summed E-state index contributed by atoms with van der Waals surface area (Å²) in [5.41, 5.74) is 1.82. The molecule has 0 bridgehead atoms. The van der Waals surface area contributed by atoms with Crippen LogP contribution in [0.3, 0.4) is 0 Å². The molecule has 0 aliphatic rings. The van der Waals surface area contributed by atoms with Crippen LogP contribution in [0.15, 0.2) is 102 Å². The SMILES string of the molecule is C[C@@H](NC(=O)[C@H](NS(=O)(=O)c1cccc2cccnc12)c1ccccc1)c1ccccc1. The maximum atomic E-state index is 13.4. The number of hydrogen-bond donors (Lipinski definition) is 2.